The van der Waals surface area contributed by atoms with Gasteiger partial charge in [0.1, 0.15) is 11.6 Å². The first-order chi connectivity index (χ1) is 13.6. The van der Waals surface area contributed by atoms with E-state index >= 15 is 0 Å². The zero-order valence-corrected chi connectivity index (χ0v) is 16.9. The van der Waals surface area contributed by atoms with Crippen LogP contribution in [0.25, 0.3) is 0 Å². The second-order valence-electron chi connectivity index (χ2n) is 7.03. The van der Waals surface area contributed by atoms with Crippen molar-refractivity contribution in [1.29, 1.82) is 0 Å². The van der Waals surface area contributed by atoms with E-state index in [2.05, 4.69) is 20.3 Å². The quantitative estimate of drug-likeness (QED) is 0.703. The molecule has 1 unspecified atom stereocenters. The van der Waals surface area contributed by atoms with Gasteiger partial charge in [-0.25, -0.2) is 15.0 Å². The minimum Gasteiger partial charge on any atom is -0.334 e. The second kappa shape index (κ2) is 8.06. The molecule has 1 aliphatic heterocycles. The molecule has 0 saturated carbocycles. The van der Waals surface area contributed by atoms with Gasteiger partial charge in [0.2, 0.25) is 5.91 Å². The van der Waals surface area contributed by atoms with Crippen molar-refractivity contribution in [1.82, 2.24) is 19.9 Å². The predicted molar refractivity (Wildman–Crippen MR) is 111 cm³/mol. The second-order valence-corrected chi connectivity index (χ2v) is 8.27. The largest absolute Gasteiger partial charge is 0.334 e. The highest BCUT2D eigenvalue weighted by Gasteiger charge is 2.31. The van der Waals surface area contributed by atoms with Gasteiger partial charge in [0.05, 0.1) is 18.2 Å². The van der Waals surface area contributed by atoms with Crippen molar-refractivity contribution in [2.45, 2.75) is 39.2 Å². The third-order valence-electron chi connectivity index (χ3n) is 4.83. The summed E-state index contributed by atoms with van der Waals surface area (Å²) in [5.74, 6) is 1.56. The smallest absolute Gasteiger partial charge is 0.227 e. The number of hydrogen-bond donors (Lipinski definition) is 1. The van der Waals surface area contributed by atoms with E-state index in [9.17, 15) is 4.79 Å². The van der Waals surface area contributed by atoms with Crippen LogP contribution in [0.2, 0.25) is 0 Å². The van der Waals surface area contributed by atoms with Crippen LogP contribution in [0.4, 0.5) is 10.9 Å². The number of likely N-dealkylation sites (tertiary alicyclic amines) is 1. The number of carbonyl (C=O) groups excluding carboxylic acids is 1. The van der Waals surface area contributed by atoms with E-state index in [0.29, 0.717) is 12.2 Å². The molecule has 3 aromatic rings. The molecular weight excluding hydrogens is 370 g/mol. The van der Waals surface area contributed by atoms with Gasteiger partial charge in [-0.05, 0) is 32.3 Å². The summed E-state index contributed by atoms with van der Waals surface area (Å²) in [4.78, 5) is 29.5. The van der Waals surface area contributed by atoms with Gasteiger partial charge in [0.15, 0.2) is 5.13 Å². The van der Waals surface area contributed by atoms with Crippen LogP contribution >= 0.6 is 11.3 Å². The molecule has 0 radical (unpaired) electrons. The SMILES string of the molecule is Cc1nc(Nc2ncc(C)s2)cc(C2CCCN2C(=O)Cc2ccccc2)n1. The van der Waals surface area contributed by atoms with Crippen molar-refractivity contribution in [3.05, 3.63) is 64.6 Å². The number of nitrogens with one attached hydrogen (secondary N) is 1. The van der Waals surface area contributed by atoms with Crippen LogP contribution in [0.5, 0.6) is 0 Å². The molecule has 2 aromatic heterocycles. The monoisotopic (exact) mass is 393 g/mol. The maximum absolute atomic E-state index is 12.9. The lowest BCUT2D eigenvalue weighted by molar-refractivity contribution is -0.131. The highest BCUT2D eigenvalue weighted by molar-refractivity contribution is 7.15. The van der Waals surface area contributed by atoms with Gasteiger partial charge in [-0.15, -0.1) is 11.3 Å². The number of aromatic nitrogens is 3. The standard InChI is InChI=1S/C21H23N5OS/c1-14-13-22-21(28-14)25-19-12-17(23-15(2)24-19)18-9-6-10-26(18)20(27)11-16-7-4-3-5-8-16/h3-5,7-8,12-13,18H,6,9-11H2,1-2H3,(H,22,23,24,25). The molecule has 6 nitrogen and oxygen atoms in total. The Kier molecular flexibility index (Phi) is 5.34. The molecule has 0 bridgehead atoms. The molecule has 7 heteroatoms. The van der Waals surface area contributed by atoms with Gasteiger partial charge in [-0.2, -0.15) is 0 Å². The van der Waals surface area contributed by atoms with E-state index < -0.39 is 0 Å². The fourth-order valence-electron chi connectivity index (χ4n) is 3.59. The lowest BCUT2D eigenvalue weighted by Gasteiger charge is -2.25. The Labute approximate surface area is 168 Å². The predicted octanol–water partition coefficient (Wildman–Crippen LogP) is 4.20. The molecule has 4 rings (SSSR count). The minimum absolute atomic E-state index is 0.00325. The number of thiazole rings is 1. The number of hydrogen-bond acceptors (Lipinski definition) is 6. The molecule has 1 amide bonds. The molecule has 1 N–H and O–H groups in total. The van der Waals surface area contributed by atoms with Crippen molar-refractivity contribution in [3.8, 4) is 0 Å². The molecule has 1 aliphatic rings. The highest BCUT2D eigenvalue weighted by atomic mass is 32.1. The summed E-state index contributed by atoms with van der Waals surface area (Å²) >= 11 is 1.59. The summed E-state index contributed by atoms with van der Waals surface area (Å²) in [5, 5.41) is 4.08. The normalized spacial score (nSPS) is 16.4. The summed E-state index contributed by atoms with van der Waals surface area (Å²) in [6, 6.07) is 11.8. The first kappa shape index (κ1) is 18.6. The summed E-state index contributed by atoms with van der Waals surface area (Å²) < 4.78 is 0. The molecule has 1 saturated heterocycles. The van der Waals surface area contributed by atoms with Crippen molar-refractivity contribution >= 4 is 28.2 Å². The molecule has 0 aliphatic carbocycles. The molecule has 144 valence electrons. The number of nitrogens with zero attached hydrogens (tertiary/aromatic N) is 4. The number of anilines is 2. The van der Waals surface area contributed by atoms with Crippen molar-refractivity contribution in [3.63, 3.8) is 0 Å². The Morgan fingerprint density at radius 1 is 1.25 bits per heavy atom. The van der Waals surface area contributed by atoms with Gasteiger partial charge < -0.3 is 10.2 Å². The third kappa shape index (κ3) is 4.20. The topological polar surface area (TPSA) is 71.0 Å². The molecular formula is C21H23N5OS. The summed E-state index contributed by atoms with van der Waals surface area (Å²) in [6.45, 7) is 4.68. The number of benzene rings is 1. The Morgan fingerprint density at radius 3 is 2.82 bits per heavy atom. The molecule has 1 fully saturated rings. The van der Waals surface area contributed by atoms with Gasteiger partial charge >= 0.3 is 0 Å². The van der Waals surface area contributed by atoms with E-state index in [1.54, 1.807) is 11.3 Å². The molecule has 28 heavy (non-hydrogen) atoms. The van der Waals surface area contributed by atoms with Gasteiger partial charge in [0.25, 0.3) is 0 Å². The van der Waals surface area contributed by atoms with Crippen LogP contribution in [0.15, 0.2) is 42.6 Å². The fourth-order valence-corrected chi connectivity index (χ4v) is 4.26. The van der Waals surface area contributed by atoms with E-state index in [-0.39, 0.29) is 11.9 Å². The average Bonchev–Trinajstić information content (AvgIpc) is 3.31. The van der Waals surface area contributed by atoms with E-state index in [0.717, 1.165) is 46.5 Å². The van der Waals surface area contributed by atoms with Crippen molar-refractivity contribution in [2.24, 2.45) is 0 Å². The maximum Gasteiger partial charge on any atom is 0.227 e. The molecule has 0 spiro atoms. The number of amides is 1. The zero-order valence-electron chi connectivity index (χ0n) is 16.1. The first-order valence-corrected chi connectivity index (χ1v) is 10.3. The van der Waals surface area contributed by atoms with Crippen LogP contribution in [-0.2, 0) is 11.2 Å². The van der Waals surface area contributed by atoms with Crippen molar-refractivity contribution in [2.75, 3.05) is 11.9 Å². The summed E-state index contributed by atoms with van der Waals surface area (Å²) in [6.07, 6.45) is 4.17. The van der Waals surface area contributed by atoms with Crippen LogP contribution in [-0.4, -0.2) is 32.3 Å². The van der Waals surface area contributed by atoms with E-state index in [4.69, 9.17) is 0 Å². The van der Waals surface area contributed by atoms with Crippen LogP contribution < -0.4 is 5.32 Å². The average molecular weight is 394 g/mol. The number of carbonyl (C=O) groups is 1. The maximum atomic E-state index is 12.9. The van der Waals surface area contributed by atoms with Gasteiger partial charge in [-0.3, -0.25) is 4.79 Å². The highest BCUT2D eigenvalue weighted by Crippen LogP contribution is 2.33. The zero-order chi connectivity index (χ0) is 19.5. The summed E-state index contributed by atoms with van der Waals surface area (Å²) in [5.41, 5.74) is 1.93. The Hall–Kier alpha value is -2.80. The summed E-state index contributed by atoms with van der Waals surface area (Å²) in [7, 11) is 0. The van der Waals surface area contributed by atoms with Crippen LogP contribution in [0.3, 0.4) is 0 Å². The van der Waals surface area contributed by atoms with Gasteiger partial charge in [-0.1, -0.05) is 30.3 Å². The Morgan fingerprint density at radius 2 is 2.07 bits per heavy atom. The van der Waals surface area contributed by atoms with E-state index in [1.165, 1.54) is 0 Å². The first-order valence-electron chi connectivity index (χ1n) is 9.47. The number of rotatable bonds is 5. The van der Waals surface area contributed by atoms with Gasteiger partial charge in [0, 0.05) is 23.7 Å². The fraction of sp³-hybridized carbons (Fsp3) is 0.333. The molecule has 1 aromatic carbocycles. The lowest BCUT2D eigenvalue weighted by Crippen LogP contribution is -2.32. The Bertz CT molecular complexity index is 972. The molecule has 1 atom stereocenters. The number of aryl methyl sites for hydroxylation is 2. The Balaban J connectivity index is 1.54. The van der Waals surface area contributed by atoms with Crippen LogP contribution in [0.1, 0.15) is 40.8 Å². The lowest BCUT2D eigenvalue weighted by atomic mass is 10.1. The van der Waals surface area contributed by atoms with Crippen molar-refractivity contribution < 1.29 is 4.79 Å². The minimum atomic E-state index is -0.00325. The van der Waals surface area contributed by atoms with Crippen LogP contribution in [0, 0.1) is 13.8 Å². The van der Waals surface area contributed by atoms with E-state index in [1.807, 2.05) is 61.3 Å². The molecule has 3 heterocycles. The third-order valence-corrected chi connectivity index (χ3v) is 5.65.